The predicted octanol–water partition coefficient (Wildman–Crippen LogP) is 2.89. The van der Waals surface area contributed by atoms with E-state index >= 15 is 0 Å². The summed E-state index contributed by atoms with van der Waals surface area (Å²) < 4.78 is 22.9. The van der Waals surface area contributed by atoms with E-state index in [-0.39, 0.29) is 23.9 Å². The maximum Gasteiger partial charge on any atom is 0.227 e. The molecular formula is C15H19FO4. The Bertz CT molecular complexity index is 543. The average molecular weight is 282 g/mol. The van der Waals surface area contributed by atoms with E-state index in [9.17, 15) is 9.18 Å². The molecule has 0 saturated heterocycles. The Labute approximate surface area is 117 Å². The van der Waals surface area contributed by atoms with E-state index in [1.165, 1.54) is 0 Å². The van der Waals surface area contributed by atoms with Crippen LogP contribution in [-0.2, 0) is 13.3 Å². The van der Waals surface area contributed by atoms with Crippen molar-refractivity contribution in [1.29, 1.82) is 0 Å². The van der Waals surface area contributed by atoms with Crippen LogP contribution in [0.2, 0.25) is 0 Å². The summed E-state index contributed by atoms with van der Waals surface area (Å²) in [6.07, 6.45) is 6.63. The molecule has 0 radical (unpaired) electrons. The standard InChI is InChI=1S/C15H19FO4/c1-3-5-6-11(4-2)10-19-15-13(18)7-12(8-16)20-14(15)9-17/h4-7,17H,3,8-10H2,1-2H3/b6-5-,11-4+. The molecule has 20 heavy (non-hydrogen) atoms. The van der Waals surface area contributed by atoms with Crippen molar-refractivity contribution in [3.63, 3.8) is 0 Å². The number of aliphatic hydroxyl groups excluding tert-OH is 1. The maximum atomic E-state index is 12.5. The zero-order chi connectivity index (χ0) is 15.0. The van der Waals surface area contributed by atoms with Gasteiger partial charge in [0.1, 0.15) is 25.6 Å². The number of alkyl halides is 1. The van der Waals surface area contributed by atoms with Crippen molar-refractivity contribution in [2.45, 2.75) is 33.5 Å². The highest BCUT2D eigenvalue weighted by Crippen LogP contribution is 2.17. The van der Waals surface area contributed by atoms with Crippen LogP contribution in [0.3, 0.4) is 0 Å². The van der Waals surface area contributed by atoms with Crippen molar-refractivity contribution < 1.29 is 18.7 Å². The molecule has 1 aromatic rings. The van der Waals surface area contributed by atoms with Crippen molar-refractivity contribution in [2.24, 2.45) is 0 Å². The fourth-order valence-electron chi connectivity index (χ4n) is 1.56. The van der Waals surface area contributed by atoms with Gasteiger partial charge in [0.15, 0.2) is 5.76 Å². The lowest BCUT2D eigenvalue weighted by atomic mass is 10.2. The number of rotatable bonds is 7. The van der Waals surface area contributed by atoms with Gasteiger partial charge in [0.25, 0.3) is 0 Å². The highest BCUT2D eigenvalue weighted by Gasteiger charge is 2.13. The van der Waals surface area contributed by atoms with Crippen LogP contribution >= 0.6 is 0 Å². The molecule has 4 nitrogen and oxygen atoms in total. The number of halogens is 1. The first-order valence-corrected chi connectivity index (χ1v) is 6.43. The number of aliphatic hydroxyl groups is 1. The van der Waals surface area contributed by atoms with Crippen molar-refractivity contribution in [2.75, 3.05) is 6.61 Å². The van der Waals surface area contributed by atoms with Crippen LogP contribution in [-0.4, -0.2) is 11.7 Å². The first-order valence-electron chi connectivity index (χ1n) is 6.43. The van der Waals surface area contributed by atoms with Crippen molar-refractivity contribution in [1.82, 2.24) is 0 Å². The van der Waals surface area contributed by atoms with Gasteiger partial charge in [-0.3, -0.25) is 4.79 Å². The zero-order valence-corrected chi connectivity index (χ0v) is 11.7. The van der Waals surface area contributed by atoms with Crippen LogP contribution in [0.4, 0.5) is 4.39 Å². The van der Waals surface area contributed by atoms with Crippen LogP contribution in [0, 0.1) is 0 Å². The molecule has 0 saturated carbocycles. The van der Waals surface area contributed by atoms with Crippen LogP contribution in [0.25, 0.3) is 0 Å². The van der Waals surface area contributed by atoms with Crippen LogP contribution < -0.4 is 10.2 Å². The number of allylic oxidation sites excluding steroid dienone is 2. The summed E-state index contributed by atoms with van der Waals surface area (Å²) in [5, 5.41) is 9.16. The molecule has 0 amide bonds. The molecule has 0 aromatic carbocycles. The minimum absolute atomic E-state index is 0.0555. The largest absolute Gasteiger partial charge is 0.482 e. The Morgan fingerprint density at radius 1 is 1.55 bits per heavy atom. The molecule has 0 bridgehead atoms. The van der Waals surface area contributed by atoms with Gasteiger partial charge in [-0.15, -0.1) is 0 Å². The predicted molar refractivity (Wildman–Crippen MR) is 74.4 cm³/mol. The third-order valence-electron chi connectivity index (χ3n) is 2.62. The Hall–Kier alpha value is -1.88. The van der Waals surface area contributed by atoms with Gasteiger partial charge >= 0.3 is 0 Å². The van der Waals surface area contributed by atoms with Gasteiger partial charge in [-0.05, 0) is 18.9 Å². The molecule has 0 aliphatic carbocycles. The summed E-state index contributed by atoms with van der Waals surface area (Å²) >= 11 is 0. The molecule has 1 aromatic heterocycles. The lowest BCUT2D eigenvalue weighted by Gasteiger charge is -2.09. The van der Waals surface area contributed by atoms with E-state index in [1.807, 2.05) is 32.1 Å². The Kier molecular flexibility index (Phi) is 6.73. The molecule has 1 N–H and O–H groups in total. The minimum atomic E-state index is -0.901. The molecule has 0 aliphatic rings. The summed E-state index contributed by atoms with van der Waals surface area (Å²) in [6, 6.07) is 1.03. The van der Waals surface area contributed by atoms with Gasteiger partial charge in [0.2, 0.25) is 11.2 Å². The zero-order valence-electron chi connectivity index (χ0n) is 11.7. The molecule has 1 heterocycles. The van der Waals surface area contributed by atoms with E-state index in [0.717, 1.165) is 18.1 Å². The van der Waals surface area contributed by atoms with Crippen LogP contribution in [0.15, 0.2) is 39.1 Å². The smallest absolute Gasteiger partial charge is 0.227 e. The summed E-state index contributed by atoms with van der Waals surface area (Å²) in [4.78, 5) is 11.8. The van der Waals surface area contributed by atoms with Gasteiger partial charge in [-0.1, -0.05) is 25.2 Å². The first kappa shape index (κ1) is 16.2. The summed E-state index contributed by atoms with van der Waals surface area (Å²) in [7, 11) is 0. The quantitative estimate of drug-likeness (QED) is 0.781. The fourth-order valence-corrected chi connectivity index (χ4v) is 1.56. The molecule has 110 valence electrons. The van der Waals surface area contributed by atoms with Crippen LogP contribution in [0.1, 0.15) is 31.8 Å². The van der Waals surface area contributed by atoms with Gasteiger partial charge in [0.05, 0.1) is 0 Å². The van der Waals surface area contributed by atoms with Gasteiger partial charge in [-0.2, -0.15) is 0 Å². The summed E-state index contributed by atoms with van der Waals surface area (Å²) in [5.74, 6) is -0.252. The van der Waals surface area contributed by atoms with Gasteiger partial charge in [0, 0.05) is 6.07 Å². The highest BCUT2D eigenvalue weighted by atomic mass is 19.1. The Morgan fingerprint density at radius 3 is 2.85 bits per heavy atom. The number of hydrogen-bond donors (Lipinski definition) is 1. The lowest BCUT2D eigenvalue weighted by molar-refractivity contribution is 0.216. The molecule has 0 fully saturated rings. The fraction of sp³-hybridized carbons (Fsp3) is 0.400. The molecule has 1 rings (SSSR count). The topological polar surface area (TPSA) is 59.7 Å². The van der Waals surface area contributed by atoms with Crippen LogP contribution in [0.5, 0.6) is 5.75 Å². The maximum absolute atomic E-state index is 12.5. The molecule has 0 unspecified atom stereocenters. The minimum Gasteiger partial charge on any atom is -0.482 e. The second-order valence-corrected chi connectivity index (χ2v) is 4.08. The van der Waals surface area contributed by atoms with E-state index in [1.54, 1.807) is 0 Å². The normalized spacial score (nSPS) is 12.1. The SMILES string of the molecule is C/C=C(\C=C/CC)COc1c(CO)oc(CF)cc1=O. The molecule has 0 spiro atoms. The van der Waals surface area contributed by atoms with Gasteiger partial charge < -0.3 is 14.3 Å². The van der Waals surface area contributed by atoms with Crippen molar-refractivity contribution >= 4 is 0 Å². The number of ether oxygens (including phenoxy) is 1. The summed E-state index contributed by atoms with van der Waals surface area (Å²) in [6.45, 7) is 2.63. The third kappa shape index (κ3) is 4.35. The molecular weight excluding hydrogens is 263 g/mol. The summed E-state index contributed by atoms with van der Waals surface area (Å²) in [5.41, 5.74) is 0.396. The van der Waals surface area contributed by atoms with Gasteiger partial charge in [-0.25, -0.2) is 4.39 Å². The van der Waals surface area contributed by atoms with Crippen molar-refractivity contribution in [3.05, 3.63) is 51.6 Å². The molecule has 5 heteroatoms. The highest BCUT2D eigenvalue weighted by molar-refractivity contribution is 5.28. The van der Waals surface area contributed by atoms with E-state index < -0.39 is 18.7 Å². The first-order chi connectivity index (χ1) is 9.65. The van der Waals surface area contributed by atoms with E-state index in [4.69, 9.17) is 14.3 Å². The Balaban J connectivity index is 2.92. The molecule has 0 aliphatic heterocycles. The monoisotopic (exact) mass is 282 g/mol. The third-order valence-corrected chi connectivity index (χ3v) is 2.62. The van der Waals surface area contributed by atoms with E-state index in [0.29, 0.717) is 0 Å². The average Bonchev–Trinajstić information content (AvgIpc) is 2.47. The second-order valence-electron chi connectivity index (χ2n) is 4.08. The van der Waals surface area contributed by atoms with E-state index in [2.05, 4.69) is 0 Å². The lowest BCUT2D eigenvalue weighted by Crippen LogP contribution is -2.13. The Morgan fingerprint density at radius 2 is 2.30 bits per heavy atom. The molecule has 0 atom stereocenters. The van der Waals surface area contributed by atoms with Crippen molar-refractivity contribution in [3.8, 4) is 5.75 Å². The second kappa shape index (κ2) is 8.32. The number of hydrogen-bond acceptors (Lipinski definition) is 4.